The first-order valence-electron chi connectivity index (χ1n) is 7.06. The number of hydroxylamine groups is 4. The van der Waals surface area contributed by atoms with Gasteiger partial charge in [-0.1, -0.05) is 20.4 Å². The first-order chi connectivity index (χ1) is 9.08. The Bertz CT molecular complexity index is 323. The minimum atomic E-state index is -0.657. The summed E-state index contributed by atoms with van der Waals surface area (Å²) in [5, 5.41) is 0. The first kappa shape index (κ1) is 19.1. The van der Waals surface area contributed by atoms with E-state index in [1.807, 2.05) is 39.9 Å². The van der Waals surface area contributed by atoms with Gasteiger partial charge in [0.15, 0.2) is 11.4 Å². The predicted molar refractivity (Wildman–Crippen MR) is 83.0 cm³/mol. The molecule has 0 aromatic carbocycles. The number of nitrogens with one attached hydrogen (secondary N) is 1. The molecule has 0 rings (SSSR count). The zero-order chi connectivity index (χ0) is 16.0. The molecule has 0 amide bonds. The van der Waals surface area contributed by atoms with Crippen molar-refractivity contribution >= 4 is 0 Å². The fourth-order valence-corrected chi connectivity index (χ4v) is 1.99. The van der Waals surface area contributed by atoms with Gasteiger partial charge in [-0.15, -0.1) is 0 Å². The molecule has 0 unspecified atom stereocenters. The van der Waals surface area contributed by atoms with Gasteiger partial charge in [-0.2, -0.15) is 15.0 Å². The smallest absolute Gasteiger partial charge is 0.194 e. The van der Waals surface area contributed by atoms with Crippen LogP contribution in [0.4, 0.5) is 0 Å². The normalized spacial score (nSPS) is 13.2. The van der Waals surface area contributed by atoms with Crippen molar-refractivity contribution in [2.75, 3.05) is 21.1 Å². The zero-order valence-electron chi connectivity index (χ0n) is 14.2. The average Bonchev–Trinajstić information content (AvgIpc) is 2.38. The lowest BCUT2D eigenvalue weighted by atomic mass is 10.1. The fourth-order valence-electron chi connectivity index (χ4n) is 1.99. The van der Waals surface area contributed by atoms with Crippen LogP contribution in [-0.4, -0.2) is 42.1 Å². The van der Waals surface area contributed by atoms with E-state index in [9.17, 15) is 0 Å². The molecule has 0 fully saturated rings. The van der Waals surface area contributed by atoms with E-state index < -0.39 is 11.4 Å². The molecule has 0 aliphatic heterocycles. The highest BCUT2D eigenvalue weighted by molar-refractivity contribution is 4.83. The topological polar surface area (TPSA) is 33.7 Å². The maximum Gasteiger partial charge on any atom is 0.194 e. The van der Waals surface area contributed by atoms with Gasteiger partial charge in [-0.25, -0.2) is 0 Å². The summed E-state index contributed by atoms with van der Waals surface area (Å²) >= 11 is 0. The molecular formula is C15H32N3O2+. The molecule has 0 aliphatic carbocycles. The van der Waals surface area contributed by atoms with E-state index in [-0.39, 0.29) is 4.65 Å². The van der Waals surface area contributed by atoms with Gasteiger partial charge in [-0.3, -0.25) is 4.84 Å². The van der Waals surface area contributed by atoms with Gasteiger partial charge in [0.05, 0.1) is 0 Å². The Morgan fingerprint density at radius 2 is 1.70 bits per heavy atom. The van der Waals surface area contributed by atoms with Gasteiger partial charge in [0, 0.05) is 7.05 Å². The Kier molecular flexibility index (Phi) is 6.90. The first-order valence-corrected chi connectivity index (χ1v) is 7.06. The lowest BCUT2D eigenvalue weighted by Crippen LogP contribution is -2.56. The molecule has 0 aromatic rings. The number of rotatable bonds is 10. The van der Waals surface area contributed by atoms with Crippen molar-refractivity contribution in [3.63, 3.8) is 0 Å². The van der Waals surface area contributed by atoms with Gasteiger partial charge in [0.25, 0.3) is 0 Å². The van der Waals surface area contributed by atoms with Crippen LogP contribution in [0.5, 0.6) is 0 Å². The van der Waals surface area contributed by atoms with Crippen molar-refractivity contribution in [3.8, 4) is 0 Å². The fraction of sp³-hybridized carbons (Fsp3) is 0.733. The van der Waals surface area contributed by atoms with Crippen LogP contribution in [0.3, 0.4) is 0 Å². The average molecular weight is 286 g/mol. The van der Waals surface area contributed by atoms with Gasteiger partial charge in [-0.05, 0) is 39.5 Å². The maximum absolute atomic E-state index is 5.97. The molecular weight excluding hydrogens is 254 g/mol. The molecule has 1 N–H and O–H groups in total. The zero-order valence-corrected chi connectivity index (χ0v) is 14.2. The van der Waals surface area contributed by atoms with E-state index in [0.717, 1.165) is 12.8 Å². The molecule has 0 aromatic heterocycles. The van der Waals surface area contributed by atoms with Crippen molar-refractivity contribution in [2.24, 2.45) is 0 Å². The third-order valence-electron chi connectivity index (χ3n) is 3.41. The van der Waals surface area contributed by atoms with Crippen LogP contribution in [0.15, 0.2) is 25.6 Å². The monoisotopic (exact) mass is 286 g/mol. The van der Waals surface area contributed by atoms with E-state index in [1.165, 1.54) is 0 Å². The third kappa shape index (κ3) is 5.25. The summed E-state index contributed by atoms with van der Waals surface area (Å²) in [4.78, 5) is 13.9. The molecule has 5 heteroatoms. The third-order valence-corrected chi connectivity index (χ3v) is 3.41. The summed E-state index contributed by atoms with van der Waals surface area (Å²) in [6.45, 7) is 15.6. The molecule has 0 radical (unpaired) electrons. The second-order valence-electron chi connectivity index (χ2n) is 5.87. The quantitative estimate of drug-likeness (QED) is 0.380. The van der Waals surface area contributed by atoms with Crippen LogP contribution in [-0.2, 0) is 9.68 Å². The van der Waals surface area contributed by atoms with E-state index in [4.69, 9.17) is 9.68 Å². The van der Waals surface area contributed by atoms with Crippen molar-refractivity contribution in [3.05, 3.63) is 25.6 Å². The second kappa shape index (κ2) is 7.22. The molecule has 0 spiro atoms. The summed E-state index contributed by atoms with van der Waals surface area (Å²) in [7, 11) is 5.76. The Balaban J connectivity index is 4.85. The number of hydrogen-bond acceptors (Lipinski definition) is 4. The van der Waals surface area contributed by atoms with Crippen LogP contribution >= 0.6 is 0 Å². The van der Waals surface area contributed by atoms with Gasteiger partial charge < -0.3 is 4.90 Å². The van der Waals surface area contributed by atoms with Crippen molar-refractivity contribution < 1.29 is 14.3 Å². The molecule has 0 heterocycles. The minimum Gasteiger partial charge on any atom is -0.352 e. The standard InChI is InChI=1S/C15H32N3O2/c1-10-15(11-2,17(7)12-3)19-16-14(5,6)20-18(8,9)13-4/h12-13,16H,3-4,10-11H2,1-2,5-9H3/q+1. The van der Waals surface area contributed by atoms with E-state index in [0.29, 0.717) is 0 Å². The summed E-state index contributed by atoms with van der Waals surface area (Å²) in [5.41, 5.74) is 1.94. The highest BCUT2D eigenvalue weighted by Crippen LogP contribution is 2.25. The molecule has 20 heavy (non-hydrogen) atoms. The van der Waals surface area contributed by atoms with Crippen LogP contribution < -0.4 is 5.48 Å². The predicted octanol–water partition coefficient (Wildman–Crippen LogP) is 2.99. The maximum atomic E-state index is 5.97. The van der Waals surface area contributed by atoms with E-state index in [2.05, 4.69) is 32.5 Å². The SMILES string of the molecule is C=CN(C)C(CC)(CC)ONC(C)(C)O[N+](C)(C)C=C. The Morgan fingerprint density at radius 1 is 1.20 bits per heavy atom. The molecule has 0 aliphatic rings. The lowest BCUT2D eigenvalue weighted by Gasteiger charge is -2.42. The second-order valence-corrected chi connectivity index (χ2v) is 5.87. The minimum absolute atomic E-state index is 0.228. The molecule has 0 saturated carbocycles. The summed E-state index contributed by atoms with van der Waals surface area (Å²) in [6, 6.07) is 0. The number of quaternary nitrogens is 1. The lowest BCUT2D eigenvalue weighted by molar-refractivity contribution is -1.05. The highest BCUT2D eigenvalue weighted by atomic mass is 16.8. The van der Waals surface area contributed by atoms with Crippen LogP contribution in [0.1, 0.15) is 40.5 Å². The van der Waals surface area contributed by atoms with Gasteiger partial charge in [0.2, 0.25) is 0 Å². The molecule has 5 nitrogen and oxygen atoms in total. The van der Waals surface area contributed by atoms with Crippen LogP contribution in [0.25, 0.3) is 0 Å². The Hall–Kier alpha value is -0.880. The largest absolute Gasteiger partial charge is 0.352 e. The van der Waals surface area contributed by atoms with Crippen molar-refractivity contribution in [2.45, 2.75) is 52.0 Å². The van der Waals surface area contributed by atoms with Crippen molar-refractivity contribution in [1.82, 2.24) is 10.4 Å². The summed E-state index contributed by atoms with van der Waals surface area (Å²) in [6.07, 6.45) is 5.14. The van der Waals surface area contributed by atoms with Crippen LogP contribution in [0, 0.1) is 0 Å². The van der Waals surface area contributed by atoms with E-state index >= 15 is 0 Å². The Labute approximate surface area is 124 Å². The summed E-state index contributed by atoms with van der Waals surface area (Å²) < 4.78 is 0.228. The van der Waals surface area contributed by atoms with Crippen molar-refractivity contribution in [1.29, 1.82) is 0 Å². The molecule has 0 bridgehead atoms. The summed E-state index contributed by atoms with van der Waals surface area (Å²) in [5.74, 6) is 0. The van der Waals surface area contributed by atoms with E-state index in [1.54, 1.807) is 12.4 Å². The van der Waals surface area contributed by atoms with Crippen LogP contribution in [0.2, 0.25) is 0 Å². The number of nitrogens with zero attached hydrogens (tertiary/aromatic N) is 2. The molecule has 0 atom stereocenters. The van der Waals surface area contributed by atoms with Gasteiger partial charge >= 0.3 is 0 Å². The molecule has 118 valence electrons. The Morgan fingerprint density at radius 3 is 2.05 bits per heavy atom. The highest BCUT2D eigenvalue weighted by Gasteiger charge is 2.36. The van der Waals surface area contributed by atoms with Gasteiger partial charge in [0.1, 0.15) is 20.3 Å². The molecule has 0 saturated heterocycles. The number of hydrogen-bond donors (Lipinski definition) is 1.